The molecule has 1 atom stereocenters. The SMILES string of the molecule is CC1(C)CC(NC(=O)CCCc2cn(-c3ccc(C(C)(C)C)cc3)nn2)(C(=O)O)CCO1. The Morgan fingerprint density at radius 1 is 1.22 bits per heavy atom. The minimum Gasteiger partial charge on any atom is -0.480 e. The molecule has 32 heavy (non-hydrogen) atoms. The fraction of sp³-hybridized carbons (Fsp3) is 0.583. The summed E-state index contributed by atoms with van der Waals surface area (Å²) in [5.41, 5.74) is 1.19. The van der Waals surface area contributed by atoms with Crippen molar-refractivity contribution in [2.75, 3.05) is 6.61 Å². The van der Waals surface area contributed by atoms with Crippen LogP contribution >= 0.6 is 0 Å². The number of nitrogens with one attached hydrogen (secondary N) is 1. The molecule has 8 nitrogen and oxygen atoms in total. The molecule has 1 aliphatic heterocycles. The number of aliphatic carboxylic acids is 1. The average Bonchev–Trinajstić information content (AvgIpc) is 3.15. The van der Waals surface area contributed by atoms with Gasteiger partial charge < -0.3 is 15.2 Å². The van der Waals surface area contributed by atoms with Crippen molar-refractivity contribution in [2.24, 2.45) is 0 Å². The average molecular weight is 443 g/mol. The van der Waals surface area contributed by atoms with Gasteiger partial charge in [0.1, 0.15) is 5.54 Å². The van der Waals surface area contributed by atoms with E-state index in [1.165, 1.54) is 5.56 Å². The Hall–Kier alpha value is -2.74. The number of amides is 1. The maximum atomic E-state index is 12.5. The molecule has 1 unspecified atom stereocenters. The van der Waals surface area contributed by atoms with Crippen molar-refractivity contribution in [3.05, 3.63) is 41.7 Å². The molecule has 1 aromatic heterocycles. The molecule has 1 aromatic carbocycles. The van der Waals surface area contributed by atoms with E-state index >= 15 is 0 Å². The summed E-state index contributed by atoms with van der Waals surface area (Å²) in [7, 11) is 0. The molecule has 0 aliphatic carbocycles. The van der Waals surface area contributed by atoms with Crippen LogP contribution in [-0.2, 0) is 26.2 Å². The molecule has 0 radical (unpaired) electrons. The van der Waals surface area contributed by atoms with Crippen molar-refractivity contribution >= 4 is 11.9 Å². The van der Waals surface area contributed by atoms with Gasteiger partial charge >= 0.3 is 5.97 Å². The Kier molecular flexibility index (Phi) is 6.74. The van der Waals surface area contributed by atoms with Crippen LogP contribution in [0, 0.1) is 0 Å². The van der Waals surface area contributed by atoms with E-state index < -0.39 is 17.1 Å². The monoisotopic (exact) mass is 442 g/mol. The standard InChI is InChI=1S/C24H34N4O4/c1-22(2,3)17-9-11-19(12-10-17)28-15-18(26-27-28)7-6-8-20(29)25-24(21(30)31)13-14-32-23(4,5)16-24/h9-12,15H,6-8,13-14,16H2,1-5H3,(H,25,29)(H,30,31). The molecule has 0 bridgehead atoms. The fourth-order valence-electron chi connectivity index (χ4n) is 4.12. The molecule has 8 heteroatoms. The number of rotatable bonds is 7. The topological polar surface area (TPSA) is 106 Å². The van der Waals surface area contributed by atoms with Crippen LogP contribution in [-0.4, -0.2) is 49.7 Å². The quantitative estimate of drug-likeness (QED) is 0.681. The summed E-state index contributed by atoms with van der Waals surface area (Å²) < 4.78 is 7.35. The number of benzene rings is 1. The van der Waals surface area contributed by atoms with Crippen LogP contribution in [0.2, 0.25) is 0 Å². The molecule has 2 aromatic rings. The van der Waals surface area contributed by atoms with Crippen molar-refractivity contribution in [1.29, 1.82) is 0 Å². The molecule has 1 amide bonds. The summed E-state index contributed by atoms with van der Waals surface area (Å²) in [5, 5.41) is 20.9. The van der Waals surface area contributed by atoms with Gasteiger partial charge in [-0.05, 0) is 49.8 Å². The Balaban J connectivity index is 1.54. The highest BCUT2D eigenvalue weighted by molar-refractivity contribution is 5.87. The number of nitrogens with zero attached hydrogens (tertiary/aromatic N) is 3. The zero-order chi connectivity index (χ0) is 23.6. The number of hydrogen-bond donors (Lipinski definition) is 2. The van der Waals surface area contributed by atoms with Crippen molar-refractivity contribution in [3.8, 4) is 5.69 Å². The molecule has 1 aliphatic rings. The summed E-state index contributed by atoms with van der Waals surface area (Å²) >= 11 is 0. The summed E-state index contributed by atoms with van der Waals surface area (Å²) in [5.74, 6) is -1.28. The minimum absolute atomic E-state index is 0.0895. The molecule has 3 rings (SSSR count). The van der Waals surface area contributed by atoms with Crippen LogP contribution in [0.15, 0.2) is 30.5 Å². The zero-order valence-electron chi connectivity index (χ0n) is 19.6. The highest BCUT2D eigenvalue weighted by Gasteiger charge is 2.47. The van der Waals surface area contributed by atoms with Crippen molar-refractivity contribution in [2.45, 2.75) is 83.3 Å². The number of hydrogen-bond acceptors (Lipinski definition) is 5. The molecule has 0 saturated carbocycles. The largest absolute Gasteiger partial charge is 0.480 e. The number of aromatic nitrogens is 3. The lowest BCUT2D eigenvalue weighted by Crippen LogP contribution is -2.61. The van der Waals surface area contributed by atoms with E-state index in [9.17, 15) is 14.7 Å². The smallest absolute Gasteiger partial charge is 0.329 e. The van der Waals surface area contributed by atoms with Gasteiger partial charge in [-0.1, -0.05) is 38.1 Å². The van der Waals surface area contributed by atoms with Gasteiger partial charge in [-0.3, -0.25) is 4.79 Å². The van der Waals surface area contributed by atoms with Gasteiger partial charge in [-0.2, -0.15) is 0 Å². The van der Waals surface area contributed by atoms with Crippen LogP contribution in [0.25, 0.3) is 5.69 Å². The molecular formula is C24H34N4O4. The predicted octanol–water partition coefficient (Wildman–Crippen LogP) is 3.42. The molecule has 1 saturated heterocycles. The Morgan fingerprint density at radius 3 is 2.50 bits per heavy atom. The summed E-state index contributed by atoms with van der Waals surface area (Å²) in [6.45, 7) is 10.5. The second-order valence-corrected chi connectivity index (χ2v) is 10.3. The number of ether oxygens (including phenoxy) is 1. The van der Waals surface area contributed by atoms with E-state index in [1.807, 2.05) is 32.2 Å². The van der Waals surface area contributed by atoms with E-state index in [0.717, 1.165) is 11.4 Å². The van der Waals surface area contributed by atoms with Gasteiger partial charge in [0, 0.05) is 19.3 Å². The molecular weight excluding hydrogens is 408 g/mol. The number of carbonyl (C=O) groups is 2. The maximum Gasteiger partial charge on any atom is 0.329 e. The first kappa shape index (κ1) is 23.9. The van der Waals surface area contributed by atoms with Crippen molar-refractivity contribution in [1.82, 2.24) is 20.3 Å². The van der Waals surface area contributed by atoms with Crippen molar-refractivity contribution in [3.63, 3.8) is 0 Å². The molecule has 2 N–H and O–H groups in total. The van der Waals surface area contributed by atoms with Crippen LogP contribution in [0.4, 0.5) is 0 Å². The number of carboxylic acids is 1. The van der Waals surface area contributed by atoms with Crippen molar-refractivity contribution < 1.29 is 19.4 Å². The van der Waals surface area contributed by atoms with E-state index in [-0.39, 0.29) is 30.6 Å². The van der Waals surface area contributed by atoms with Gasteiger partial charge in [0.2, 0.25) is 5.91 Å². The van der Waals surface area contributed by atoms with Gasteiger partial charge in [-0.25, -0.2) is 9.48 Å². The molecule has 2 heterocycles. The number of carbonyl (C=O) groups excluding carboxylic acids is 1. The van der Waals surface area contributed by atoms with Crippen LogP contribution < -0.4 is 5.32 Å². The first-order valence-electron chi connectivity index (χ1n) is 11.1. The Morgan fingerprint density at radius 2 is 1.91 bits per heavy atom. The Bertz CT molecular complexity index is 959. The van der Waals surface area contributed by atoms with Gasteiger partial charge in [0.05, 0.1) is 29.8 Å². The fourth-order valence-corrected chi connectivity index (χ4v) is 4.12. The lowest BCUT2D eigenvalue weighted by molar-refractivity contribution is -0.161. The van der Waals surface area contributed by atoms with E-state index in [4.69, 9.17) is 4.74 Å². The third-order valence-electron chi connectivity index (χ3n) is 5.91. The van der Waals surface area contributed by atoms with Gasteiger partial charge in [-0.15, -0.1) is 5.10 Å². The lowest BCUT2D eigenvalue weighted by atomic mass is 9.81. The third-order valence-corrected chi connectivity index (χ3v) is 5.91. The second-order valence-electron chi connectivity index (χ2n) is 10.3. The van der Waals surface area contributed by atoms with Crippen LogP contribution in [0.3, 0.4) is 0 Å². The first-order valence-corrected chi connectivity index (χ1v) is 11.1. The van der Waals surface area contributed by atoms with E-state index in [0.29, 0.717) is 19.4 Å². The lowest BCUT2D eigenvalue weighted by Gasteiger charge is -2.42. The second kappa shape index (κ2) is 9.02. The highest BCUT2D eigenvalue weighted by Crippen LogP contribution is 2.32. The Labute approximate surface area is 189 Å². The maximum absolute atomic E-state index is 12.5. The number of carboxylic acid groups (broad SMARTS) is 1. The third kappa shape index (κ3) is 5.73. The zero-order valence-corrected chi connectivity index (χ0v) is 19.6. The van der Waals surface area contributed by atoms with Crippen LogP contribution in [0.1, 0.15) is 71.6 Å². The summed E-state index contributed by atoms with van der Waals surface area (Å²) in [6.07, 6.45) is 3.74. The molecule has 0 spiro atoms. The number of aryl methyl sites for hydroxylation is 1. The summed E-state index contributed by atoms with van der Waals surface area (Å²) in [6, 6.07) is 8.23. The normalized spacial score (nSPS) is 20.7. The molecule has 174 valence electrons. The predicted molar refractivity (Wildman–Crippen MR) is 121 cm³/mol. The highest BCUT2D eigenvalue weighted by atomic mass is 16.5. The molecule has 1 fully saturated rings. The van der Waals surface area contributed by atoms with E-state index in [2.05, 4.69) is 48.5 Å². The first-order chi connectivity index (χ1) is 14.9. The van der Waals surface area contributed by atoms with Crippen LogP contribution in [0.5, 0.6) is 0 Å². The van der Waals surface area contributed by atoms with Gasteiger partial charge in [0.25, 0.3) is 0 Å². The van der Waals surface area contributed by atoms with Gasteiger partial charge in [0.15, 0.2) is 0 Å². The minimum atomic E-state index is -1.28. The summed E-state index contributed by atoms with van der Waals surface area (Å²) in [4.78, 5) is 24.4. The van der Waals surface area contributed by atoms with E-state index in [1.54, 1.807) is 4.68 Å².